The van der Waals surface area contributed by atoms with E-state index in [-0.39, 0.29) is 38.3 Å². The molecule has 43 heavy (non-hydrogen) atoms. The molecule has 16 nitrogen and oxygen atoms in total. The van der Waals surface area contributed by atoms with Gasteiger partial charge in [0.05, 0.1) is 6.54 Å². The lowest BCUT2D eigenvalue weighted by molar-refractivity contribution is -0.138. The first-order valence-electron chi connectivity index (χ1n) is 14.0. The van der Waals surface area contributed by atoms with Crippen LogP contribution < -0.4 is 44.2 Å². The molecule has 0 aliphatic rings. The van der Waals surface area contributed by atoms with Crippen molar-refractivity contribution >= 4 is 46.5 Å². The zero-order valence-corrected chi connectivity index (χ0v) is 23.9. The summed E-state index contributed by atoms with van der Waals surface area (Å²) in [7, 11) is 0. The predicted octanol–water partition coefficient (Wildman–Crippen LogP) is -2.49. The number of aromatic amines is 1. The third kappa shape index (κ3) is 12.0. The van der Waals surface area contributed by atoms with Crippen molar-refractivity contribution < 1.29 is 29.1 Å². The van der Waals surface area contributed by atoms with Crippen molar-refractivity contribution in [2.75, 3.05) is 26.2 Å². The Balaban J connectivity index is 2.29. The maximum atomic E-state index is 13.6. The van der Waals surface area contributed by atoms with Gasteiger partial charge < -0.3 is 54.3 Å². The number of aliphatic imine (C=N–C) groups is 1. The molecule has 2 aromatic rings. The first-order valence-corrected chi connectivity index (χ1v) is 14.0. The number of carbonyl (C=O) groups excluding carboxylic acids is 4. The van der Waals surface area contributed by atoms with Crippen LogP contribution in [0.2, 0.25) is 0 Å². The second kappa shape index (κ2) is 18.0. The van der Waals surface area contributed by atoms with Crippen LogP contribution >= 0.6 is 0 Å². The van der Waals surface area contributed by atoms with E-state index in [1.807, 2.05) is 24.3 Å². The van der Waals surface area contributed by atoms with Crippen molar-refractivity contribution in [2.24, 2.45) is 27.9 Å². The van der Waals surface area contributed by atoms with Crippen LogP contribution in [-0.4, -0.2) is 90.0 Å². The number of nitrogens with one attached hydrogen (secondary N) is 5. The fourth-order valence-corrected chi connectivity index (χ4v) is 4.35. The van der Waals surface area contributed by atoms with E-state index in [0.29, 0.717) is 31.4 Å². The number of benzene rings is 1. The van der Waals surface area contributed by atoms with Crippen LogP contribution in [0.15, 0.2) is 35.5 Å². The lowest BCUT2D eigenvalue weighted by atomic mass is 10.0. The highest BCUT2D eigenvalue weighted by molar-refractivity contribution is 5.95. The Morgan fingerprint density at radius 1 is 0.860 bits per heavy atom. The van der Waals surface area contributed by atoms with Gasteiger partial charge in [-0.2, -0.15) is 0 Å². The topological polar surface area (TPSA) is 286 Å². The number of carboxylic acids is 1. The van der Waals surface area contributed by atoms with Crippen LogP contribution in [0.3, 0.4) is 0 Å². The summed E-state index contributed by atoms with van der Waals surface area (Å²) in [5, 5.41) is 20.1. The van der Waals surface area contributed by atoms with Crippen LogP contribution in [0.5, 0.6) is 0 Å². The minimum atomic E-state index is -1.25. The number of hydrogen-bond donors (Lipinski definition) is 10. The van der Waals surface area contributed by atoms with Gasteiger partial charge in [-0.1, -0.05) is 18.2 Å². The number of nitrogens with two attached hydrogens (primary N) is 4. The van der Waals surface area contributed by atoms with Crippen molar-refractivity contribution in [1.82, 2.24) is 26.3 Å². The minimum absolute atomic E-state index is 0.0319. The fourth-order valence-electron chi connectivity index (χ4n) is 4.35. The van der Waals surface area contributed by atoms with Gasteiger partial charge in [-0.3, -0.25) is 29.0 Å². The minimum Gasteiger partial charge on any atom is -0.480 e. The van der Waals surface area contributed by atoms with Gasteiger partial charge in [0.1, 0.15) is 24.7 Å². The van der Waals surface area contributed by atoms with Crippen LogP contribution in [0.4, 0.5) is 0 Å². The molecule has 236 valence electrons. The molecular weight excluding hydrogens is 560 g/mol. The Hall–Kier alpha value is -4.70. The molecule has 3 atom stereocenters. The number of guanidine groups is 1. The van der Waals surface area contributed by atoms with E-state index in [1.54, 1.807) is 6.20 Å². The van der Waals surface area contributed by atoms with Crippen molar-refractivity contribution in [3.63, 3.8) is 0 Å². The van der Waals surface area contributed by atoms with E-state index in [2.05, 4.69) is 31.2 Å². The quantitative estimate of drug-likeness (QED) is 0.0458. The number of H-pyrrole nitrogens is 1. The molecule has 4 amide bonds. The zero-order valence-electron chi connectivity index (χ0n) is 23.9. The third-order valence-corrected chi connectivity index (χ3v) is 6.51. The van der Waals surface area contributed by atoms with Gasteiger partial charge >= 0.3 is 5.97 Å². The van der Waals surface area contributed by atoms with Gasteiger partial charge in [0.2, 0.25) is 23.6 Å². The van der Waals surface area contributed by atoms with Crippen LogP contribution in [0.25, 0.3) is 10.9 Å². The summed E-state index contributed by atoms with van der Waals surface area (Å²) in [4.78, 5) is 69.9. The second-order valence-corrected chi connectivity index (χ2v) is 9.86. The van der Waals surface area contributed by atoms with Gasteiger partial charge in [0.15, 0.2) is 5.96 Å². The Labute approximate surface area is 248 Å². The number of carboxylic acid groups (broad SMARTS) is 1. The predicted molar refractivity (Wildman–Crippen MR) is 160 cm³/mol. The van der Waals surface area contributed by atoms with Gasteiger partial charge in [-0.05, 0) is 50.3 Å². The number of amides is 4. The Morgan fingerprint density at radius 3 is 2.16 bits per heavy atom. The summed E-state index contributed by atoms with van der Waals surface area (Å²) in [5.74, 6) is -3.97. The molecule has 0 bridgehead atoms. The lowest BCUT2D eigenvalue weighted by Crippen LogP contribution is -2.57. The first-order chi connectivity index (χ1) is 20.5. The molecule has 0 fully saturated rings. The molecule has 0 unspecified atom stereocenters. The van der Waals surface area contributed by atoms with Crippen LogP contribution in [0.1, 0.15) is 37.7 Å². The van der Waals surface area contributed by atoms with E-state index in [1.165, 1.54) is 0 Å². The Kier molecular flexibility index (Phi) is 14.4. The van der Waals surface area contributed by atoms with Gasteiger partial charge in [0, 0.05) is 30.1 Å². The van der Waals surface area contributed by atoms with Crippen molar-refractivity contribution in [1.29, 1.82) is 0 Å². The average molecular weight is 603 g/mol. The molecular formula is C27H42N10O6. The van der Waals surface area contributed by atoms with Gasteiger partial charge in [-0.25, -0.2) is 0 Å². The second-order valence-electron chi connectivity index (χ2n) is 9.86. The molecule has 0 spiro atoms. The highest BCUT2D eigenvalue weighted by Crippen LogP contribution is 2.19. The Morgan fingerprint density at radius 2 is 1.51 bits per heavy atom. The number of rotatable bonds is 19. The van der Waals surface area contributed by atoms with Crippen molar-refractivity contribution in [3.05, 3.63) is 36.0 Å². The number of aromatic nitrogens is 1. The van der Waals surface area contributed by atoms with E-state index < -0.39 is 54.3 Å². The number of unbranched alkanes of at least 4 members (excludes halogenated alkanes) is 1. The molecule has 14 N–H and O–H groups in total. The molecule has 1 heterocycles. The SMILES string of the molecule is NCCCC[C@H](NC(=O)CN)C(=O)N[C@@H](CCCN=C(N)N)C(=O)N[C@@H](Cc1c[nH]c2ccccc12)C(=O)NCC(=O)O. The van der Waals surface area contributed by atoms with E-state index in [9.17, 15) is 24.0 Å². The van der Waals surface area contributed by atoms with Gasteiger partial charge in [0.25, 0.3) is 0 Å². The fraction of sp³-hybridized carbons (Fsp3) is 0.481. The smallest absolute Gasteiger partial charge is 0.322 e. The highest BCUT2D eigenvalue weighted by atomic mass is 16.4. The summed E-state index contributed by atoms with van der Waals surface area (Å²) >= 11 is 0. The summed E-state index contributed by atoms with van der Waals surface area (Å²) < 4.78 is 0. The highest BCUT2D eigenvalue weighted by Gasteiger charge is 2.30. The van der Waals surface area contributed by atoms with E-state index in [0.717, 1.165) is 10.9 Å². The van der Waals surface area contributed by atoms with Crippen LogP contribution in [-0.2, 0) is 30.4 Å². The monoisotopic (exact) mass is 602 g/mol. The van der Waals surface area contributed by atoms with Crippen LogP contribution in [0, 0.1) is 0 Å². The summed E-state index contributed by atoms with van der Waals surface area (Å²) in [6.45, 7) is -0.409. The molecule has 1 aromatic carbocycles. The molecule has 0 saturated heterocycles. The first kappa shape index (κ1) is 34.5. The van der Waals surface area contributed by atoms with E-state index >= 15 is 0 Å². The summed E-state index contributed by atoms with van der Waals surface area (Å²) in [6.07, 6.45) is 3.53. The largest absolute Gasteiger partial charge is 0.480 e. The standard InChI is InChI=1S/C27H42N10O6/c28-10-4-3-8-19(35-22(38)13-29)25(42)36-20(9-5-11-32-27(30)31)26(43)37-21(24(41)34-15-23(39)40)12-16-14-33-18-7-2-1-6-17(16)18/h1-2,6-7,14,19-21,33H,3-5,8-13,15,28-29H2,(H,34,41)(H,35,38)(H,36,42)(H,37,43)(H,39,40)(H4,30,31,32)/t19-,20-,21-/m0/s1. The molecule has 0 aliphatic carbocycles. The zero-order chi connectivity index (χ0) is 31.8. The van der Waals surface area contributed by atoms with Crippen molar-refractivity contribution in [3.8, 4) is 0 Å². The number of carbonyl (C=O) groups is 5. The van der Waals surface area contributed by atoms with Crippen molar-refractivity contribution in [2.45, 2.75) is 56.7 Å². The molecule has 2 rings (SSSR count). The number of para-hydroxylation sites is 1. The number of nitrogens with zero attached hydrogens (tertiary/aromatic N) is 1. The van der Waals surface area contributed by atoms with Gasteiger partial charge in [-0.15, -0.1) is 0 Å². The number of hydrogen-bond acceptors (Lipinski definition) is 8. The maximum absolute atomic E-state index is 13.6. The van der Waals surface area contributed by atoms with E-state index in [4.69, 9.17) is 28.0 Å². The maximum Gasteiger partial charge on any atom is 0.322 e. The molecule has 16 heteroatoms. The summed E-state index contributed by atoms with van der Waals surface area (Å²) in [6, 6.07) is 4.07. The lowest BCUT2D eigenvalue weighted by Gasteiger charge is -2.25. The Bertz CT molecular complexity index is 1280. The summed E-state index contributed by atoms with van der Waals surface area (Å²) in [5.41, 5.74) is 23.3. The molecule has 0 aliphatic heterocycles. The molecule has 0 radical (unpaired) electrons. The normalized spacial score (nSPS) is 12.9. The molecule has 0 saturated carbocycles. The third-order valence-electron chi connectivity index (χ3n) is 6.51. The number of fused-ring (bicyclic) bond motifs is 1. The molecule has 1 aromatic heterocycles. The average Bonchev–Trinajstić information content (AvgIpc) is 3.38. The number of aliphatic carboxylic acids is 1.